The minimum absolute atomic E-state index is 0.0861. The number of benzene rings is 2. The van der Waals surface area contributed by atoms with Gasteiger partial charge in [0.1, 0.15) is 12.1 Å². The third kappa shape index (κ3) is 6.50. The molecular weight excluding hydrogens is 436 g/mol. The minimum Gasteiger partial charge on any atom is -0.493 e. The van der Waals surface area contributed by atoms with Crippen LogP contribution in [0.25, 0.3) is 0 Å². The monoisotopic (exact) mass is 468 g/mol. The number of carboxylic acid groups (broad SMARTS) is 1. The fraction of sp³-hybridized carbons (Fsp3) is 0.423. The Bertz CT molecular complexity index is 1010. The van der Waals surface area contributed by atoms with Crippen molar-refractivity contribution >= 4 is 17.8 Å². The summed E-state index contributed by atoms with van der Waals surface area (Å²) in [6.45, 7) is 4.12. The molecule has 2 aromatic rings. The van der Waals surface area contributed by atoms with Gasteiger partial charge in [-0.3, -0.25) is 9.59 Å². The molecule has 0 aromatic heterocycles. The van der Waals surface area contributed by atoms with Crippen molar-refractivity contribution in [1.82, 2.24) is 10.6 Å². The van der Waals surface area contributed by atoms with E-state index in [1.165, 1.54) is 0 Å². The largest absolute Gasteiger partial charge is 0.493 e. The van der Waals surface area contributed by atoms with E-state index in [-0.39, 0.29) is 30.6 Å². The number of carbonyl (C=O) groups excluding carboxylic acids is 2. The number of carbonyl (C=O) groups is 3. The highest BCUT2D eigenvalue weighted by Crippen LogP contribution is 2.42. The number of hydrogen-bond donors (Lipinski definition) is 3. The molecule has 182 valence electrons. The van der Waals surface area contributed by atoms with Gasteiger partial charge >= 0.3 is 5.97 Å². The molecule has 1 aliphatic rings. The molecule has 0 bridgehead atoms. The first-order chi connectivity index (χ1) is 16.3. The van der Waals surface area contributed by atoms with Crippen LogP contribution in [0.15, 0.2) is 48.5 Å². The predicted octanol–water partition coefficient (Wildman–Crippen LogP) is 2.90. The molecule has 0 saturated heterocycles. The predicted molar refractivity (Wildman–Crippen MR) is 127 cm³/mol. The average Bonchev–Trinajstić information content (AvgIpc) is 3.21. The van der Waals surface area contributed by atoms with Crippen molar-refractivity contribution in [3.63, 3.8) is 0 Å². The molecule has 0 aliphatic carbocycles. The molecule has 34 heavy (non-hydrogen) atoms. The van der Waals surface area contributed by atoms with E-state index in [0.29, 0.717) is 24.5 Å². The highest BCUT2D eigenvalue weighted by Gasteiger charge is 2.31. The van der Waals surface area contributed by atoms with E-state index in [2.05, 4.69) is 10.6 Å². The van der Waals surface area contributed by atoms with Gasteiger partial charge in [-0.2, -0.15) is 0 Å². The zero-order valence-corrected chi connectivity index (χ0v) is 19.7. The van der Waals surface area contributed by atoms with Crippen LogP contribution in [0.2, 0.25) is 0 Å². The van der Waals surface area contributed by atoms with Crippen molar-refractivity contribution < 1.29 is 29.0 Å². The van der Waals surface area contributed by atoms with Crippen molar-refractivity contribution in [1.29, 1.82) is 0 Å². The number of fused-ring (bicyclic) bond motifs is 1. The molecule has 1 aliphatic heterocycles. The van der Waals surface area contributed by atoms with E-state index in [0.717, 1.165) is 11.1 Å². The molecule has 0 spiro atoms. The SMILES string of the molecule is COc1cccc2c1OCC2CC(=O)N[C@@H](Cc1ccccc1)C(=O)N[C@@H](CC(C)C)C(=O)O. The summed E-state index contributed by atoms with van der Waals surface area (Å²) in [4.78, 5) is 37.7. The van der Waals surface area contributed by atoms with Gasteiger partial charge in [0.2, 0.25) is 11.8 Å². The molecule has 8 nitrogen and oxygen atoms in total. The number of nitrogens with one attached hydrogen (secondary N) is 2. The fourth-order valence-corrected chi connectivity index (χ4v) is 4.11. The second-order valence-electron chi connectivity index (χ2n) is 8.93. The van der Waals surface area contributed by atoms with E-state index >= 15 is 0 Å². The first kappa shape index (κ1) is 25.1. The molecule has 3 rings (SSSR count). The summed E-state index contributed by atoms with van der Waals surface area (Å²) in [5, 5.41) is 14.9. The van der Waals surface area contributed by atoms with Gasteiger partial charge in [0.15, 0.2) is 11.5 Å². The Morgan fingerprint density at radius 1 is 1.06 bits per heavy atom. The van der Waals surface area contributed by atoms with E-state index < -0.39 is 24.0 Å². The van der Waals surface area contributed by atoms with Crippen LogP contribution in [-0.4, -0.2) is 48.7 Å². The van der Waals surface area contributed by atoms with E-state index in [9.17, 15) is 19.5 Å². The Hall–Kier alpha value is -3.55. The van der Waals surface area contributed by atoms with Crippen LogP contribution in [0.1, 0.15) is 43.7 Å². The van der Waals surface area contributed by atoms with Crippen LogP contribution in [-0.2, 0) is 20.8 Å². The Morgan fingerprint density at radius 2 is 1.79 bits per heavy atom. The van der Waals surface area contributed by atoms with E-state index in [1.54, 1.807) is 13.2 Å². The molecule has 1 unspecified atom stereocenters. The molecule has 8 heteroatoms. The quantitative estimate of drug-likeness (QED) is 0.467. The summed E-state index contributed by atoms with van der Waals surface area (Å²) in [5.41, 5.74) is 1.75. The van der Waals surface area contributed by atoms with Gasteiger partial charge in [0, 0.05) is 24.3 Å². The third-order valence-corrected chi connectivity index (χ3v) is 5.79. The highest BCUT2D eigenvalue weighted by atomic mass is 16.5. The standard InChI is InChI=1S/C26H32N2O6/c1-16(2)12-21(26(31)32)28-25(30)20(13-17-8-5-4-6-9-17)27-23(29)14-18-15-34-24-19(18)10-7-11-22(24)33-3/h4-11,16,18,20-21H,12-15H2,1-3H3,(H,27,29)(H,28,30)(H,31,32)/t18?,20-,21-/m0/s1. The Balaban J connectivity index is 1.72. The Kier molecular flexibility index (Phi) is 8.51. The molecule has 0 saturated carbocycles. The summed E-state index contributed by atoms with van der Waals surface area (Å²) >= 11 is 0. The van der Waals surface area contributed by atoms with Crippen molar-refractivity contribution in [2.24, 2.45) is 5.92 Å². The lowest BCUT2D eigenvalue weighted by Crippen LogP contribution is -2.52. The molecule has 2 aromatic carbocycles. The summed E-state index contributed by atoms with van der Waals surface area (Å²) in [5.74, 6) is -0.751. The molecule has 3 atom stereocenters. The summed E-state index contributed by atoms with van der Waals surface area (Å²) < 4.78 is 11.1. The van der Waals surface area contributed by atoms with Gasteiger partial charge in [-0.15, -0.1) is 0 Å². The van der Waals surface area contributed by atoms with Gasteiger partial charge in [-0.1, -0.05) is 56.3 Å². The topological polar surface area (TPSA) is 114 Å². The lowest BCUT2D eigenvalue weighted by atomic mass is 9.96. The van der Waals surface area contributed by atoms with Crippen LogP contribution in [0.3, 0.4) is 0 Å². The van der Waals surface area contributed by atoms with E-state index in [1.807, 2.05) is 56.3 Å². The number of para-hydroxylation sites is 1. The van der Waals surface area contributed by atoms with Crippen LogP contribution >= 0.6 is 0 Å². The molecule has 2 amide bonds. The molecular formula is C26H32N2O6. The lowest BCUT2D eigenvalue weighted by Gasteiger charge is -2.23. The van der Waals surface area contributed by atoms with Crippen molar-refractivity contribution in [2.75, 3.05) is 13.7 Å². The van der Waals surface area contributed by atoms with Crippen molar-refractivity contribution in [3.8, 4) is 11.5 Å². The smallest absolute Gasteiger partial charge is 0.326 e. The zero-order valence-electron chi connectivity index (χ0n) is 19.7. The summed E-state index contributed by atoms with van der Waals surface area (Å²) in [7, 11) is 1.56. The number of hydrogen-bond acceptors (Lipinski definition) is 5. The van der Waals surface area contributed by atoms with Crippen LogP contribution in [0.4, 0.5) is 0 Å². The van der Waals surface area contributed by atoms with Crippen LogP contribution in [0.5, 0.6) is 11.5 Å². The Morgan fingerprint density at radius 3 is 2.44 bits per heavy atom. The number of aliphatic carboxylic acids is 1. The zero-order chi connectivity index (χ0) is 24.7. The number of ether oxygens (including phenoxy) is 2. The van der Waals surface area contributed by atoms with Crippen LogP contribution in [0, 0.1) is 5.92 Å². The van der Waals surface area contributed by atoms with Gasteiger partial charge in [0.25, 0.3) is 0 Å². The maximum atomic E-state index is 13.1. The normalized spacial score (nSPS) is 16.2. The van der Waals surface area contributed by atoms with Crippen molar-refractivity contribution in [2.45, 2.75) is 51.1 Å². The number of methoxy groups -OCH3 is 1. The molecule has 1 heterocycles. The van der Waals surface area contributed by atoms with Crippen LogP contribution < -0.4 is 20.1 Å². The average molecular weight is 469 g/mol. The van der Waals surface area contributed by atoms with Gasteiger partial charge in [0.05, 0.1) is 13.7 Å². The van der Waals surface area contributed by atoms with E-state index in [4.69, 9.17) is 9.47 Å². The molecule has 0 radical (unpaired) electrons. The van der Waals surface area contributed by atoms with Gasteiger partial charge in [-0.25, -0.2) is 4.79 Å². The number of rotatable bonds is 11. The maximum Gasteiger partial charge on any atom is 0.326 e. The third-order valence-electron chi connectivity index (χ3n) is 5.79. The fourth-order valence-electron chi connectivity index (χ4n) is 4.11. The van der Waals surface area contributed by atoms with Gasteiger partial charge in [-0.05, 0) is 24.0 Å². The molecule has 3 N–H and O–H groups in total. The number of carboxylic acids is 1. The van der Waals surface area contributed by atoms with Gasteiger partial charge < -0.3 is 25.2 Å². The second-order valence-corrected chi connectivity index (χ2v) is 8.93. The summed E-state index contributed by atoms with van der Waals surface area (Å²) in [6.07, 6.45) is 0.677. The minimum atomic E-state index is -1.10. The first-order valence-corrected chi connectivity index (χ1v) is 11.4. The molecule has 0 fully saturated rings. The second kappa shape index (κ2) is 11.5. The highest BCUT2D eigenvalue weighted by molar-refractivity contribution is 5.90. The Labute approximate surface area is 199 Å². The maximum absolute atomic E-state index is 13.1. The first-order valence-electron chi connectivity index (χ1n) is 11.4. The van der Waals surface area contributed by atoms with Crippen molar-refractivity contribution in [3.05, 3.63) is 59.7 Å². The lowest BCUT2D eigenvalue weighted by molar-refractivity contribution is -0.142. The summed E-state index contributed by atoms with van der Waals surface area (Å²) in [6, 6.07) is 12.9. The number of amides is 2.